The Morgan fingerprint density at radius 2 is 1.34 bits per heavy atom. The van der Waals surface area contributed by atoms with Crippen LogP contribution >= 0.6 is 24.8 Å². The Bertz CT molecular complexity index is 1160. The molecule has 2 aliphatic rings. The van der Waals surface area contributed by atoms with E-state index >= 15 is 0 Å². The predicted octanol–water partition coefficient (Wildman–Crippen LogP) is 8.50. The molecule has 0 aliphatic heterocycles. The van der Waals surface area contributed by atoms with Gasteiger partial charge >= 0.3 is 30.2 Å². The van der Waals surface area contributed by atoms with Crippen LogP contribution in [0, 0.1) is 52.0 Å². The van der Waals surface area contributed by atoms with Crippen LogP contribution in [-0.2, 0) is 29.8 Å². The summed E-state index contributed by atoms with van der Waals surface area (Å²) in [7, 11) is 0. The normalized spacial score (nSPS) is 10.5. The zero-order chi connectivity index (χ0) is 26.2. The van der Waals surface area contributed by atoms with Gasteiger partial charge in [0, 0.05) is 0 Å². The third kappa shape index (κ3) is 13.2. The monoisotopic (exact) mass is 632 g/mol. The van der Waals surface area contributed by atoms with E-state index in [1.807, 2.05) is 55.4 Å². The first-order chi connectivity index (χ1) is 17.5. The predicted molar refractivity (Wildman–Crippen MR) is 168 cm³/mol. The fraction of sp³-hybridized carbons (Fsp3) is 0.176. The van der Waals surface area contributed by atoms with E-state index in [0.717, 1.165) is 12.8 Å². The van der Waals surface area contributed by atoms with E-state index in [-0.39, 0.29) is 24.8 Å². The van der Waals surface area contributed by atoms with Crippen LogP contribution in [0.1, 0.15) is 39.8 Å². The minimum absolute atomic E-state index is 0. The van der Waals surface area contributed by atoms with Crippen molar-refractivity contribution >= 4 is 31.7 Å². The van der Waals surface area contributed by atoms with Gasteiger partial charge in [-0.2, -0.15) is 102 Å². The summed E-state index contributed by atoms with van der Waals surface area (Å²) in [4.78, 5) is 0. The van der Waals surface area contributed by atoms with Gasteiger partial charge in [0.05, 0.1) is 0 Å². The van der Waals surface area contributed by atoms with Gasteiger partial charge in [0.15, 0.2) is 0 Å². The maximum absolute atomic E-state index is 3.45. The molecule has 0 spiro atoms. The summed E-state index contributed by atoms with van der Waals surface area (Å²) in [6, 6.07) is 36.2. The van der Waals surface area contributed by atoms with Crippen LogP contribution in [-0.4, -0.2) is 6.88 Å². The van der Waals surface area contributed by atoms with Crippen molar-refractivity contribution in [3.63, 3.8) is 0 Å². The molecule has 6 rings (SSSR count). The molecule has 0 unspecified atom stereocenters. The third-order valence-corrected chi connectivity index (χ3v) is 5.40. The van der Waals surface area contributed by atoms with Gasteiger partial charge < -0.3 is 0 Å². The molecular formula is C34H36Cl2SiZr-4. The molecule has 0 amide bonds. The number of hydrogen-bond acceptors (Lipinski definition) is 0. The molecule has 0 radical (unpaired) electrons. The molecule has 2 aliphatic carbocycles. The van der Waals surface area contributed by atoms with E-state index in [1.54, 1.807) is 23.3 Å². The summed E-state index contributed by atoms with van der Waals surface area (Å²) >= 11 is 1.58. The molecule has 4 heteroatoms. The van der Waals surface area contributed by atoms with Gasteiger partial charge in [-0.25, -0.2) is 12.2 Å². The van der Waals surface area contributed by atoms with Crippen LogP contribution in [0.4, 0.5) is 0 Å². The second-order valence-electron chi connectivity index (χ2n) is 8.54. The van der Waals surface area contributed by atoms with Gasteiger partial charge in [0.25, 0.3) is 0 Å². The number of rotatable bonds is 0. The Labute approximate surface area is 259 Å². The zero-order valence-electron chi connectivity index (χ0n) is 22.7. The second-order valence-corrected chi connectivity index (χ2v) is 8.54. The van der Waals surface area contributed by atoms with Gasteiger partial charge in [-0.05, 0) is 18.9 Å². The number of hydrogen-bond donors (Lipinski definition) is 0. The molecule has 0 bridgehead atoms. The van der Waals surface area contributed by atoms with Crippen molar-refractivity contribution in [2.45, 2.75) is 40.5 Å². The first-order valence-corrected chi connectivity index (χ1v) is 18.0. The summed E-state index contributed by atoms with van der Waals surface area (Å²) < 4.78 is 0. The van der Waals surface area contributed by atoms with Gasteiger partial charge in [-0.15, -0.1) is 42.4 Å². The molecule has 0 saturated carbocycles. The van der Waals surface area contributed by atoms with Crippen LogP contribution in [0.3, 0.4) is 0 Å². The quantitative estimate of drug-likeness (QED) is 0.118. The van der Waals surface area contributed by atoms with E-state index in [2.05, 4.69) is 101 Å². The minimum atomic E-state index is 0. The van der Waals surface area contributed by atoms with E-state index in [1.165, 1.54) is 44.5 Å². The summed E-state index contributed by atoms with van der Waals surface area (Å²) in [5, 5.41) is 0. The van der Waals surface area contributed by atoms with E-state index in [9.17, 15) is 0 Å². The SMILES string of the molecule is Cc1[c-]c2c(cc1)-c1ccc(C)cc1C2.Cc1c[c-]ccc1.Cc1c[c-]ccc1.Cl.Cl.[C-]1=CC=CC1.[SiH2]=[Zr]. The molecule has 0 nitrogen and oxygen atoms in total. The van der Waals surface area contributed by atoms with Crippen molar-refractivity contribution in [1.29, 1.82) is 0 Å². The van der Waals surface area contributed by atoms with Gasteiger partial charge in [0.2, 0.25) is 0 Å². The summed E-state index contributed by atoms with van der Waals surface area (Å²) in [6.07, 6.45) is 11.0. The van der Waals surface area contributed by atoms with Gasteiger partial charge in [-0.3, -0.25) is 6.08 Å². The fourth-order valence-corrected chi connectivity index (χ4v) is 3.68. The average molecular weight is 635 g/mol. The molecular weight excluding hydrogens is 599 g/mol. The molecule has 0 saturated heterocycles. The summed E-state index contributed by atoms with van der Waals surface area (Å²) in [5.74, 6) is 0. The molecule has 0 aromatic heterocycles. The molecule has 4 aromatic carbocycles. The maximum atomic E-state index is 3.45. The fourth-order valence-electron chi connectivity index (χ4n) is 3.68. The van der Waals surface area contributed by atoms with Crippen molar-refractivity contribution < 1.29 is 23.3 Å². The first kappa shape index (κ1) is 36.0. The number of aryl methyl sites for hydroxylation is 4. The topological polar surface area (TPSA) is 0 Å². The molecule has 0 fully saturated rings. The second kappa shape index (κ2) is 20.9. The van der Waals surface area contributed by atoms with Crippen molar-refractivity contribution in [2.75, 3.05) is 0 Å². The Hall–Kier alpha value is -1.96. The van der Waals surface area contributed by atoms with Crippen molar-refractivity contribution in [1.82, 2.24) is 0 Å². The summed E-state index contributed by atoms with van der Waals surface area (Å²) in [6.45, 7) is 10.3. The van der Waals surface area contributed by atoms with E-state index in [0.29, 0.717) is 0 Å². The van der Waals surface area contributed by atoms with E-state index < -0.39 is 0 Å². The number of benzene rings is 4. The van der Waals surface area contributed by atoms with Gasteiger partial charge in [0.1, 0.15) is 0 Å². The molecule has 38 heavy (non-hydrogen) atoms. The Morgan fingerprint density at radius 3 is 1.76 bits per heavy atom. The van der Waals surface area contributed by atoms with Crippen LogP contribution < -0.4 is 0 Å². The van der Waals surface area contributed by atoms with Crippen LogP contribution in [0.5, 0.6) is 0 Å². The number of halogens is 2. The molecule has 198 valence electrons. The Kier molecular flexibility index (Phi) is 19.9. The van der Waals surface area contributed by atoms with Crippen molar-refractivity contribution in [2.24, 2.45) is 0 Å². The first-order valence-electron chi connectivity index (χ1n) is 12.1. The Balaban J connectivity index is 0.000000507. The van der Waals surface area contributed by atoms with Crippen molar-refractivity contribution in [3.8, 4) is 11.1 Å². The standard InChI is InChI=1S/C15H13.2C7H7.C5H5.2ClH.H2Si.Zr/c1-10-3-5-14-12(7-10)9-13-8-11(2)4-6-15(13)14;2*1-7-5-3-2-4-6-7;1-2-4-5-3-1;;;;/h3-7H,9H2,1-2H3;2*2-3,5-6H,1H3;1-3H,4H2;2*1H;1H2;/q4*-1;;;;. The Morgan fingerprint density at radius 1 is 0.737 bits per heavy atom. The summed E-state index contributed by atoms with van der Waals surface area (Å²) in [5.41, 5.74) is 10.7. The molecule has 4 aromatic rings. The van der Waals surface area contributed by atoms with E-state index in [4.69, 9.17) is 0 Å². The molecule has 0 heterocycles. The third-order valence-electron chi connectivity index (χ3n) is 5.40. The van der Waals surface area contributed by atoms with Crippen LogP contribution in [0.25, 0.3) is 11.1 Å². The zero-order valence-corrected chi connectivity index (χ0v) is 28.2. The average Bonchev–Trinajstić information content (AvgIpc) is 3.58. The van der Waals surface area contributed by atoms with Gasteiger partial charge in [-0.1, -0.05) is 50.1 Å². The molecule has 0 N–H and O–H groups in total. The number of allylic oxidation sites excluding steroid dienone is 4. The van der Waals surface area contributed by atoms with Crippen molar-refractivity contribution in [3.05, 3.63) is 155 Å². The van der Waals surface area contributed by atoms with Crippen LogP contribution in [0.2, 0.25) is 0 Å². The van der Waals surface area contributed by atoms with Crippen LogP contribution in [0.15, 0.2) is 97.1 Å². The number of fused-ring (bicyclic) bond motifs is 3. The molecule has 0 atom stereocenters.